The largest absolute Gasteiger partial charge is 0.451 e. The van der Waals surface area contributed by atoms with Crippen LogP contribution in [0.5, 0.6) is 0 Å². The van der Waals surface area contributed by atoms with Crippen LogP contribution < -0.4 is 16.4 Å². The number of nitrogens with zero attached hydrogens (tertiary/aromatic N) is 2. The summed E-state index contributed by atoms with van der Waals surface area (Å²) in [6.07, 6.45) is -4.19. The third-order valence-electron chi connectivity index (χ3n) is 5.51. The van der Waals surface area contributed by atoms with Gasteiger partial charge in [0, 0.05) is 24.4 Å². The summed E-state index contributed by atoms with van der Waals surface area (Å²) in [4.78, 5) is 31.2. The fraction of sp³-hybridized carbons (Fsp3) is 0.240. The van der Waals surface area contributed by atoms with Gasteiger partial charge < -0.3 is 21.8 Å². The van der Waals surface area contributed by atoms with Crippen LogP contribution in [0.3, 0.4) is 0 Å². The van der Waals surface area contributed by atoms with Gasteiger partial charge in [-0.15, -0.1) is 0 Å². The van der Waals surface area contributed by atoms with Crippen molar-refractivity contribution in [2.24, 2.45) is 5.73 Å². The zero-order valence-electron chi connectivity index (χ0n) is 19.9. The Hall–Kier alpha value is -4.35. The Balaban J connectivity index is 1.99. The molecule has 1 aromatic heterocycles. The molecule has 2 amide bonds. The van der Waals surface area contributed by atoms with Crippen LogP contribution in [0, 0.1) is 11.2 Å². The predicted molar refractivity (Wildman–Crippen MR) is 129 cm³/mol. The maximum absolute atomic E-state index is 13.4. The molecule has 0 saturated carbocycles. The number of amides is 2. The number of rotatable bonds is 9. The number of carbonyl (C=O) groups is 2. The van der Waals surface area contributed by atoms with Gasteiger partial charge in [0.05, 0.1) is 0 Å². The van der Waals surface area contributed by atoms with Gasteiger partial charge in [-0.05, 0) is 37.1 Å². The summed E-state index contributed by atoms with van der Waals surface area (Å²) in [7, 11) is 0. The molecule has 2 aromatic carbocycles. The maximum atomic E-state index is 13.4. The van der Waals surface area contributed by atoms with Crippen molar-refractivity contribution in [3.8, 4) is 0 Å². The minimum Gasteiger partial charge on any atom is -0.368 e. The van der Waals surface area contributed by atoms with Gasteiger partial charge in [0.15, 0.2) is 0 Å². The van der Waals surface area contributed by atoms with Crippen LogP contribution in [-0.2, 0) is 11.0 Å². The normalized spacial score (nSPS) is 12.5. The topological polar surface area (TPSA) is 134 Å². The molecule has 12 heteroatoms. The van der Waals surface area contributed by atoms with Gasteiger partial charge in [-0.25, -0.2) is 14.4 Å². The number of carbonyl (C=O) groups excluding carboxylic acids is 2. The minimum absolute atomic E-state index is 0.0599. The van der Waals surface area contributed by atoms with E-state index in [-0.39, 0.29) is 17.8 Å². The average Bonchev–Trinajstić information content (AvgIpc) is 2.84. The second-order valence-electron chi connectivity index (χ2n) is 8.66. The standard InChI is InChI=1S/C25H24F4N6O2/c1-24(2,22(31)37)35-21(36)18-13-33-23(25(27,28)29)34-20(18)32-12-17(14-6-4-3-5-7-14)19(30)15-8-10-16(26)11-9-15/h3-11,13,17,30H,12H2,1-2H3,(H2,31,37)(H,35,36)(H,32,33,34). The smallest absolute Gasteiger partial charge is 0.368 e. The number of halogens is 4. The highest BCUT2D eigenvalue weighted by Crippen LogP contribution is 2.29. The first-order valence-electron chi connectivity index (χ1n) is 11.0. The first kappa shape index (κ1) is 27.2. The molecule has 0 aliphatic carbocycles. The third-order valence-corrected chi connectivity index (χ3v) is 5.51. The lowest BCUT2D eigenvalue weighted by molar-refractivity contribution is -0.144. The Bertz CT molecular complexity index is 1290. The molecule has 3 aromatic rings. The van der Waals surface area contributed by atoms with Gasteiger partial charge >= 0.3 is 6.18 Å². The lowest BCUT2D eigenvalue weighted by atomic mass is 9.89. The zero-order valence-corrected chi connectivity index (χ0v) is 19.9. The van der Waals surface area contributed by atoms with Crippen LogP contribution >= 0.6 is 0 Å². The number of benzene rings is 2. The van der Waals surface area contributed by atoms with Crippen LogP contribution in [0.4, 0.5) is 23.4 Å². The summed E-state index contributed by atoms with van der Waals surface area (Å²) >= 11 is 0. The van der Waals surface area contributed by atoms with Crippen molar-refractivity contribution in [1.82, 2.24) is 15.3 Å². The van der Waals surface area contributed by atoms with E-state index in [1.54, 1.807) is 30.3 Å². The highest BCUT2D eigenvalue weighted by Gasteiger charge is 2.36. The van der Waals surface area contributed by atoms with Crippen molar-refractivity contribution in [3.05, 3.63) is 89.1 Å². The molecule has 0 saturated heterocycles. The van der Waals surface area contributed by atoms with E-state index in [1.165, 1.54) is 38.1 Å². The molecule has 0 radical (unpaired) electrons. The second kappa shape index (κ2) is 10.7. The molecule has 1 atom stereocenters. The van der Waals surface area contributed by atoms with Crippen molar-refractivity contribution in [2.75, 3.05) is 11.9 Å². The van der Waals surface area contributed by atoms with E-state index in [1.807, 2.05) is 0 Å². The SMILES string of the molecule is CC(C)(NC(=O)c1cnc(C(F)(F)F)nc1NCC(C(=N)c1ccc(F)cc1)c1ccccc1)C(N)=O. The molecule has 37 heavy (non-hydrogen) atoms. The number of nitrogens with one attached hydrogen (secondary N) is 3. The zero-order chi connectivity index (χ0) is 27.4. The Kier molecular flexibility index (Phi) is 7.90. The Morgan fingerprint density at radius 3 is 2.24 bits per heavy atom. The number of aromatic nitrogens is 2. The summed E-state index contributed by atoms with van der Waals surface area (Å²) in [5.74, 6) is -4.92. The highest BCUT2D eigenvalue weighted by atomic mass is 19.4. The van der Waals surface area contributed by atoms with E-state index >= 15 is 0 Å². The number of hydrogen-bond acceptors (Lipinski definition) is 6. The van der Waals surface area contributed by atoms with Gasteiger partial charge in [-0.2, -0.15) is 13.2 Å². The van der Waals surface area contributed by atoms with Gasteiger partial charge in [-0.1, -0.05) is 42.5 Å². The molecule has 0 aliphatic heterocycles. The third kappa shape index (κ3) is 6.66. The van der Waals surface area contributed by atoms with Crippen LogP contribution in [0.2, 0.25) is 0 Å². The number of primary amides is 1. The summed E-state index contributed by atoms with van der Waals surface area (Å²) in [6, 6.07) is 13.9. The van der Waals surface area contributed by atoms with Gasteiger partial charge in [0.25, 0.3) is 5.91 Å². The van der Waals surface area contributed by atoms with Gasteiger partial charge in [0.1, 0.15) is 22.7 Å². The molecule has 5 N–H and O–H groups in total. The van der Waals surface area contributed by atoms with Crippen LogP contribution in [0.15, 0.2) is 60.8 Å². The van der Waals surface area contributed by atoms with Gasteiger partial charge in [0.2, 0.25) is 11.7 Å². The molecular formula is C25H24F4N6O2. The van der Waals surface area contributed by atoms with Crippen molar-refractivity contribution in [1.29, 1.82) is 5.41 Å². The summed E-state index contributed by atoms with van der Waals surface area (Å²) < 4.78 is 53.4. The van der Waals surface area contributed by atoms with Crippen LogP contribution in [0.25, 0.3) is 0 Å². The summed E-state index contributed by atoms with van der Waals surface area (Å²) in [5, 5.41) is 13.8. The number of nitrogens with two attached hydrogens (primary N) is 1. The van der Waals surface area contributed by atoms with Crippen molar-refractivity contribution in [2.45, 2.75) is 31.5 Å². The molecule has 0 bridgehead atoms. The van der Waals surface area contributed by atoms with E-state index in [0.29, 0.717) is 17.3 Å². The molecule has 3 rings (SSSR count). The van der Waals surface area contributed by atoms with Crippen molar-refractivity contribution < 1.29 is 27.2 Å². The Morgan fingerprint density at radius 2 is 1.68 bits per heavy atom. The number of hydrogen-bond donors (Lipinski definition) is 4. The van der Waals surface area contributed by atoms with E-state index < -0.39 is 46.9 Å². The Labute approximate surface area is 209 Å². The lowest BCUT2D eigenvalue weighted by Gasteiger charge is -2.24. The molecule has 0 fully saturated rings. The predicted octanol–water partition coefficient (Wildman–Crippen LogP) is 3.89. The molecule has 0 spiro atoms. The fourth-order valence-corrected chi connectivity index (χ4v) is 3.33. The minimum atomic E-state index is -4.89. The second-order valence-corrected chi connectivity index (χ2v) is 8.66. The first-order valence-corrected chi connectivity index (χ1v) is 11.0. The quantitative estimate of drug-likeness (QED) is 0.253. The maximum Gasteiger partial charge on any atom is 0.451 e. The first-order chi connectivity index (χ1) is 17.3. The van der Waals surface area contributed by atoms with E-state index in [0.717, 1.165) is 0 Å². The monoisotopic (exact) mass is 516 g/mol. The number of alkyl halides is 3. The summed E-state index contributed by atoms with van der Waals surface area (Å²) in [6.45, 7) is 2.52. The molecule has 194 valence electrons. The molecular weight excluding hydrogens is 492 g/mol. The van der Waals surface area contributed by atoms with E-state index in [9.17, 15) is 27.2 Å². The summed E-state index contributed by atoms with van der Waals surface area (Å²) in [5.41, 5.74) is 4.52. The van der Waals surface area contributed by atoms with E-state index in [2.05, 4.69) is 20.6 Å². The highest BCUT2D eigenvalue weighted by molar-refractivity contribution is 6.04. The molecule has 1 heterocycles. The average molecular weight is 516 g/mol. The van der Waals surface area contributed by atoms with Crippen molar-refractivity contribution in [3.63, 3.8) is 0 Å². The molecule has 8 nitrogen and oxygen atoms in total. The van der Waals surface area contributed by atoms with Crippen LogP contribution in [0.1, 0.15) is 47.1 Å². The van der Waals surface area contributed by atoms with E-state index in [4.69, 9.17) is 11.1 Å². The fourth-order valence-electron chi connectivity index (χ4n) is 3.33. The molecule has 1 unspecified atom stereocenters. The van der Waals surface area contributed by atoms with Crippen LogP contribution in [-0.4, -0.2) is 39.6 Å². The lowest BCUT2D eigenvalue weighted by Crippen LogP contribution is -2.53. The Morgan fingerprint density at radius 1 is 1.05 bits per heavy atom. The number of anilines is 1. The molecule has 0 aliphatic rings. The van der Waals surface area contributed by atoms with Crippen molar-refractivity contribution >= 4 is 23.3 Å². The van der Waals surface area contributed by atoms with Gasteiger partial charge in [-0.3, -0.25) is 9.59 Å².